The highest BCUT2D eigenvalue weighted by atomic mass is 16.5. The quantitative estimate of drug-likeness (QED) is 0.381. The summed E-state index contributed by atoms with van der Waals surface area (Å²) in [5.74, 6) is 7.00. The van der Waals surface area contributed by atoms with Crippen LogP contribution in [0.3, 0.4) is 0 Å². The number of fused-ring (bicyclic) bond motifs is 3. The smallest absolute Gasteiger partial charge is 0.407 e. The van der Waals surface area contributed by atoms with Crippen molar-refractivity contribution in [3.05, 3.63) is 95.1 Å². The van der Waals surface area contributed by atoms with Crippen molar-refractivity contribution in [2.75, 3.05) is 13.2 Å². The van der Waals surface area contributed by atoms with Gasteiger partial charge >= 0.3 is 6.09 Å². The first-order valence-electron chi connectivity index (χ1n) is 11.3. The van der Waals surface area contributed by atoms with E-state index < -0.39 is 6.09 Å². The first-order valence-corrected chi connectivity index (χ1v) is 11.3. The Bertz CT molecular complexity index is 1090. The Morgan fingerprint density at radius 3 is 2.19 bits per heavy atom. The molecule has 0 saturated carbocycles. The molecule has 162 valence electrons. The van der Waals surface area contributed by atoms with Gasteiger partial charge in [-0.2, -0.15) is 0 Å². The molecule has 1 aliphatic rings. The molecule has 0 radical (unpaired) electrons. The fraction of sp³-hybridized carbons (Fsp3) is 0.276. The van der Waals surface area contributed by atoms with Gasteiger partial charge in [-0.3, -0.25) is 0 Å². The average molecular weight is 424 g/mol. The van der Waals surface area contributed by atoms with Gasteiger partial charge in [-0.05, 0) is 52.3 Å². The van der Waals surface area contributed by atoms with E-state index >= 15 is 0 Å². The van der Waals surface area contributed by atoms with Crippen molar-refractivity contribution in [1.82, 2.24) is 5.32 Å². The van der Waals surface area contributed by atoms with Crippen molar-refractivity contribution < 1.29 is 9.53 Å². The van der Waals surface area contributed by atoms with E-state index in [4.69, 9.17) is 4.74 Å². The number of ether oxygens (including phenoxy) is 1. The SMILES string of the molecule is CC(C)Cc1ccc(C#CCCNC(=O)OCC2c3ccccc3-c3ccccc32)cc1. The van der Waals surface area contributed by atoms with Crippen molar-refractivity contribution >= 4 is 6.09 Å². The summed E-state index contributed by atoms with van der Waals surface area (Å²) in [5, 5.41) is 2.81. The highest BCUT2D eigenvalue weighted by Crippen LogP contribution is 2.44. The van der Waals surface area contributed by atoms with Crippen LogP contribution in [0.2, 0.25) is 0 Å². The van der Waals surface area contributed by atoms with E-state index in [1.165, 1.54) is 27.8 Å². The van der Waals surface area contributed by atoms with Gasteiger partial charge in [0, 0.05) is 24.4 Å². The summed E-state index contributed by atoms with van der Waals surface area (Å²) in [5.41, 5.74) is 7.22. The Hall–Kier alpha value is -3.51. The second-order valence-electron chi connectivity index (χ2n) is 8.60. The fourth-order valence-corrected chi connectivity index (χ4v) is 4.24. The van der Waals surface area contributed by atoms with Gasteiger partial charge in [-0.1, -0.05) is 86.4 Å². The van der Waals surface area contributed by atoms with Crippen molar-refractivity contribution in [2.24, 2.45) is 5.92 Å². The minimum atomic E-state index is -0.397. The van der Waals surface area contributed by atoms with Gasteiger partial charge in [-0.15, -0.1) is 0 Å². The Morgan fingerprint density at radius 2 is 1.56 bits per heavy atom. The molecular weight excluding hydrogens is 394 g/mol. The standard InChI is InChI=1S/C29H29NO2/c1-21(2)19-23-16-14-22(15-17-23)9-7-8-18-30-29(31)32-20-28-26-12-5-3-10-24(26)25-11-4-6-13-27(25)28/h3-6,10-17,21,28H,8,18-20H2,1-2H3,(H,30,31). The van der Waals surface area contributed by atoms with Gasteiger partial charge in [0.1, 0.15) is 6.61 Å². The lowest BCUT2D eigenvalue weighted by molar-refractivity contribution is 0.143. The molecule has 3 heteroatoms. The molecule has 0 aromatic heterocycles. The minimum absolute atomic E-state index is 0.0756. The minimum Gasteiger partial charge on any atom is -0.449 e. The molecule has 1 N–H and O–H groups in total. The topological polar surface area (TPSA) is 38.3 Å². The number of nitrogens with one attached hydrogen (secondary N) is 1. The Kier molecular flexibility index (Phi) is 6.92. The van der Waals surface area contributed by atoms with Crippen LogP contribution in [0.5, 0.6) is 0 Å². The van der Waals surface area contributed by atoms with Crippen LogP contribution in [0.25, 0.3) is 11.1 Å². The summed E-state index contributed by atoms with van der Waals surface area (Å²) in [6.45, 7) is 5.23. The lowest BCUT2D eigenvalue weighted by Gasteiger charge is -2.14. The van der Waals surface area contributed by atoms with Gasteiger partial charge in [0.05, 0.1) is 0 Å². The second kappa shape index (κ2) is 10.2. The van der Waals surface area contributed by atoms with E-state index in [9.17, 15) is 4.79 Å². The maximum atomic E-state index is 12.2. The maximum Gasteiger partial charge on any atom is 0.407 e. The third-order valence-electron chi connectivity index (χ3n) is 5.69. The zero-order valence-electron chi connectivity index (χ0n) is 18.7. The highest BCUT2D eigenvalue weighted by Gasteiger charge is 2.28. The summed E-state index contributed by atoms with van der Waals surface area (Å²) in [6, 6.07) is 25.1. The molecule has 0 spiro atoms. The Balaban J connectivity index is 1.24. The maximum absolute atomic E-state index is 12.2. The average Bonchev–Trinajstić information content (AvgIpc) is 3.12. The van der Waals surface area contributed by atoms with Gasteiger partial charge in [0.25, 0.3) is 0 Å². The zero-order valence-corrected chi connectivity index (χ0v) is 18.7. The number of alkyl carbamates (subject to hydrolysis) is 1. The van der Waals surface area contributed by atoms with E-state index in [1.54, 1.807) is 0 Å². The van der Waals surface area contributed by atoms with Crippen molar-refractivity contribution in [2.45, 2.75) is 32.6 Å². The molecular formula is C29H29NO2. The number of hydrogen-bond acceptors (Lipinski definition) is 2. The molecule has 0 atom stereocenters. The van der Waals surface area contributed by atoms with Gasteiger partial charge < -0.3 is 10.1 Å². The number of carbonyl (C=O) groups is 1. The molecule has 3 nitrogen and oxygen atoms in total. The normalized spacial score (nSPS) is 12.0. The van der Waals surface area contributed by atoms with Crippen LogP contribution in [-0.4, -0.2) is 19.2 Å². The van der Waals surface area contributed by atoms with E-state index in [1.807, 2.05) is 24.3 Å². The number of amides is 1. The third kappa shape index (κ3) is 5.21. The van der Waals surface area contributed by atoms with Crippen LogP contribution in [0.1, 0.15) is 48.4 Å². The number of rotatable bonds is 6. The number of carbonyl (C=O) groups excluding carboxylic acids is 1. The first-order chi connectivity index (χ1) is 15.6. The summed E-state index contributed by atoms with van der Waals surface area (Å²) in [4.78, 5) is 12.2. The van der Waals surface area contributed by atoms with Gasteiger partial charge in [0.2, 0.25) is 0 Å². The summed E-state index contributed by atoms with van der Waals surface area (Å²) in [7, 11) is 0. The predicted molar refractivity (Wildman–Crippen MR) is 130 cm³/mol. The van der Waals surface area contributed by atoms with Crippen LogP contribution in [0, 0.1) is 17.8 Å². The molecule has 1 aliphatic carbocycles. The molecule has 0 fully saturated rings. The van der Waals surface area contributed by atoms with Crippen LogP contribution in [0.4, 0.5) is 4.79 Å². The lowest BCUT2D eigenvalue weighted by atomic mass is 9.98. The molecule has 0 bridgehead atoms. The van der Waals surface area contributed by atoms with E-state index in [2.05, 4.69) is 79.5 Å². The molecule has 0 heterocycles. The summed E-state index contributed by atoms with van der Waals surface area (Å²) < 4.78 is 5.55. The van der Waals surface area contributed by atoms with Crippen LogP contribution in [-0.2, 0) is 11.2 Å². The molecule has 4 rings (SSSR count). The summed E-state index contributed by atoms with van der Waals surface area (Å²) >= 11 is 0. The molecule has 0 unspecified atom stereocenters. The van der Waals surface area contributed by atoms with E-state index in [-0.39, 0.29) is 5.92 Å². The molecule has 3 aromatic rings. The van der Waals surface area contributed by atoms with E-state index in [0.29, 0.717) is 25.5 Å². The molecule has 0 aliphatic heterocycles. The molecule has 0 saturated heterocycles. The zero-order chi connectivity index (χ0) is 22.3. The van der Waals surface area contributed by atoms with Crippen LogP contribution < -0.4 is 5.32 Å². The van der Waals surface area contributed by atoms with Gasteiger partial charge in [0.15, 0.2) is 0 Å². The predicted octanol–water partition coefficient (Wildman–Crippen LogP) is 6.17. The highest BCUT2D eigenvalue weighted by molar-refractivity contribution is 5.79. The van der Waals surface area contributed by atoms with Crippen molar-refractivity contribution in [3.8, 4) is 23.0 Å². The fourth-order valence-electron chi connectivity index (χ4n) is 4.24. The third-order valence-corrected chi connectivity index (χ3v) is 5.69. The van der Waals surface area contributed by atoms with Crippen molar-refractivity contribution in [3.63, 3.8) is 0 Å². The second-order valence-corrected chi connectivity index (χ2v) is 8.60. The number of benzene rings is 3. The van der Waals surface area contributed by atoms with Crippen molar-refractivity contribution in [1.29, 1.82) is 0 Å². The number of hydrogen-bond donors (Lipinski definition) is 1. The molecule has 3 aromatic carbocycles. The van der Waals surface area contributed by atoms with Gasteiger partial charge in [-0.25, -0.2) is 4.79 Å². The van der Waals surface area contributed by atoms with Crippen LogP contribution in [0.15, 0.2) is 72.8 Å². The monoisotopic (exact) mass is 423 g/mol. The largest absolute Gasteiger partial charge is 0.449 e. The Morgan fingerprint density at radius 1 is 0.938 bits per heavy atom. The first kappa shape index (κ1) is 21.7. The van der Waals surface area contributed by atoms with E-state index in [0.717, 1.165) is 12.0 Å². The van der Waals surface area contributed by atoms with Crippen LogP contribution >= 0.6 is 0 Å². The lowest BCUT2D eigenvalue weighted by Crippen LogP contribution is -2.26. The molecule has 1 amide bonds. The Labute approximate surface area is 190 Å². The summed E-state index contributed by atoms with van der Waals surface area (Å²) in [6.07, 6.45) is 1.27. The molecule has 32 heavy (non-hydrogen) atoms.